The number of hydrogen-bond acceptors (Lipinski definition) is 1. The van der Waals surface area contributed by atoms with Gasteiger partial charge in [-0.15, -0.1) is 0 Å². The zero-order chi connectivity index (χ0) is 13.1. The SMILES string of the molecule is CCCNC(c1cccc(C2CCC2)c1)C1CCC1. The lowest BCUT2D eigenvalue weighted by Gasteiger charge is -2.35. The highest BCUT2D eigenvalue weighted by Gasteiger charge is 2.28. The van der Waals surface area contributed by atoms with Gasteiger partial charge in [0.05, 0.1) is 0 Å². The van der Waals surface area contributed by atoms with Crippen molar-refractivity contribution >= 4 is 0 Å². The molecule has 2 aliphatic rings. The van der Waals surface area contributed by atoms with Crippen molar-refractivity contribution in [3.63, 3.8) is 0 Å². The fourth-order valence-electron chi connectivity index (χ4n) is 3.38. The molecule has 19 heavy (non-hydrogen) atoms. The van der Waals surface area contributed by atoms with E-state index in [1.165, 1.54) is 44.9 Å². The predicted molar refractivity (Wildman–Crippen MR) is 81.4 cm³/mol. The Bertz CT molecular complexity index is 404. The second-order valence-electron chi connectivity index (χ2n) is 6.42. The maximum atomic E-state index is 3.79. The van der Waals surface area contributed by atoms with Crippen LogP contribution in [0.2, 0.25) is 0 Å². The normalized spacial score (nSPS) is 21.7. The Kier molecular flexibility index (Phi) is 4.22. The molecule has 0 bridgehead atoms. The van der Waals surface area contributed by atoms with E-state index < -0.39 is 0 Å². The molecule has 0 radical (unpaired) electrons. The Morgan fingerprint density at radius 2 is 1.95 bits per heavy atom. The van der Waals surface area contributed by atoms with Gasteiger partial charge in [-0.05, 0) is 61.6 Å². The molecule has 1 nitrogen and oxygen atoms in total. The highest BCUT2D eigenvalue weighted by Crippen LogP contribution is 2.40. The topological polar surface area (TPSA) is 12.0 Å². The Balaban J connectivity index is 1.75. The summed E-state index contributed by atoms with van der Waals surface area (Å²) in [6.45, 7) is 3.41. The van der Waals surface area contributed by atoms with Crippen LogP contribution in [0, 0.1) is 5.92 Å². The van der Waals surface area contributed by atoms with E-state index in [0.29, 0.717) is 6.04 Å². The first-order chi connectivity index (χ1) is 9.38. The third-order valence-electron chi connectivity index (χ3n) is 5.08. The summed E-state index contributed by atoms with van der Waals surface area (Å²) in [5, 5.41) is 3.79. The van der Waals surface area contributed by atoms with Gasteiger partial charge in [0.15, 0.2) is 0 Å². The van der Waals surface area contributed by atoms with Gasteiger partial charge in [-0.1, -0.05) is 44.0 Å². The van der Waals surface area contributed by atoms with E-state index in [0.717, 1.165) is 18.4 Å². The van der Waals surface area contributed by atoms with Crippen LogP contribution in [0.5, 0.6) is 0 Å². The van der Waals surface area contributed by atoms with E-state index in [-0.39, 0.29) is 0 Å². The molecule has 1 N–H and O–H groups in total. The molecule has 104 valence electrons. The molecule has 0 saturated heterocycles. The van der Waals surface area contributed by atoms with Crippen molar-refractivity contribution < 1.29 is 0 Å². The summed E-state index contributed by atoms with van der Waals surface area (Å²) in [5.41, 5.74) is 3.13. The van der Waals surface area contributed by atoms with Gasteiger partial charge in [0.25, 0.3) is 0 Å². The minimum absolute atomic E-state index is 0.605. The van der Waals surface area contributed by atoms with Crippen molar-refractivity contribution in [3.05, 3.63) is 35.4 Å². The molecule has 0 heterocycles. The van der Waals surface area contributed by atoms with E-state index in [4.69, 9.17) is 0 Å². The van der Waals surface area contributed by atoms with Crippen LogP contribution in [0.15, 0.2) is 24.3 Å². The molecule has 1 aromatic carbocycles. The fraction of sp³-hybridized carbons (Fsp3) is 0.667. The van der Waals surface area contributed by atoms with Gasteiger partial charge >= 0.3 is 0 Å². The molecule has 3 rings (SSSR count). The quantitative estimate of drug-likeness (QED) is 0.772. The number of hydrogen-bond donors (Lipinski definition) is 1. The Hall–Kier alpha value is -0.820. The summed E-state index contributed by atoms with van der Waals surface area (Å²) in [4.78, 5) is 0. The van der Waals surface area contributed by atoms with Crippen molar-refractivity contribution in [2.45, 2.75) is 63.8 Å². The molecule has 2 aliphatic carbocycles. The van der Waals surface area contributed by atoms with E-state index in [2.05, 4.69) is 36.5 Å². The Labute approximate surface area is 117 Å². The minimum atomic E-state index is 0.605. The van der Waals surface area contributed by atoms with Gasteiger partial charge in [-0.3, -0.25) is 0 Å². The molecule has 1 atom stereocenters. The molecule has 1 unspecified atom stereocenters. The van der Waals surface area contributed by atoms with Crippen molar-refractivity contribution in [1.82, 2.24) is 5.32 Å². The van der Waals surface area contributed by atoms with E-state index in [1.54, 1.807) is 11.1 Å². The van der Waals surface area contributed by atoms with Gasteiger partial charge in [-0.2, -0.15) is 0 Å². The molecule has 0 amide bonds. The average Bonchev–Trinajstić information content (AvgIpc) is 2.30. The van der Waals surface area contributed by atoms with Gasteiger partial charge in [-0.25, -0.2) is 0 Å². The highest BCUT2D eigenvalue weighted by molar-refractivity contribution is 5.30. The van der Waals surface area contributed by atoms with Crippen LogP contribution in [-0.2, 0) is 0 Å². The van der Waals surface area contributed by atoms with Gasteiger partial charge < -0.3 is 5.32 Å². The lowest BCUT2D eigenvalue weighted by Crippen LogP contribution is -2.32. The van der Waals surface area contributed by atoms with Crippen LogP contribution < -0.4 is 5.32 Å². The molecule has 1 aromatic rings. The van der Waals surface area contributed by atoms with Crippen LogP contribution in [0.1, 0.15) is 75.0 Å². The summed E-state index contributed by atoms with van der Waals surface area (Å²) >= 11 is 0. The standard InChI is InChI=1S/C18H27N/c1-2-12-19-18(15-8-4-9-15)17-11-5-10-16(13-17)14-6-3-7-14/h5,10-11,13-15,18-19H,2-4,6-9,12H2,1H3. The smallest absolute Gasteiger partial charge is 0.0348 e. The number of benzene rings is 1. The number of nitrogens with one attached hydrogen (secondary N) is 1. The average molecular weight is 257 g/mol. The largest absolute Gasteiger partial charge is 0.310 e. The maximum absolute atomic E-state index is 3.79. The summed E-state index contributed by atoms with van der Waals surface area (Å²) in [6, 6.07) is 10.1. The van der Waals surface area contributed by atoms with Crippen LogP contribution in [0.3, 0.4) is 0 Å². The van der Waals surface area contributed by atoms with Gasteiger partial charge in [0.2, 0.25) is 0 Å². The summed E-state index contributed by atoms with van der Waals surface area (Å²) in [7, 11) is 0. The lowest BCUT2D eigenvalue weighted by molar-refractivity contribution is 0.231. The number of rotatable bonds is 6. The summed E-state index contributed by atoms with van der Waals surface area (Å²) in [5.74, 6) is 1.73. The second-order valence-corrected chi connectivity index (χ2v) is 6.42. The van der Waals surface area contributed by atoms with E-state index in [9.17, 15) is 0 Å². The minimum Gasteiger partial charge on any atom is -0.310 e. The third kappa shape index (κ3) is 2.86. The van der Waals surface area contributed by atoms with Crippen LogP contribution >= 0.6 is 0 Å². The Morgan fingerprint density at radius 1 is 1.16 bits per heavy atom. The molecule has 0 aliphatic heterocycles. The predicted octanol–water partition coefficient (Wildman–Crippen LogP) is 4.79. The Morgan fingerprint density at radius 3 is 2.53 bits per heavy atom. The molecule has 1 heteroatoms. The second kappa shape index (κ2) is 6.09. The van der Waals surface area contributed by atoms with Crippen molar-refractivity contribution in [2.75, 3.05) is 6.54 Å². The molecule has 2 fully saturated rings. The molecule has 2 saturated carbocycles. The van der Waals surface area contributed by atoms with E-state index >= 15 is 0 Å². The molecular weight excluding hydrogens is 230 g/mol. The van der Waals surface area contributed by atoms with E-state index in [1.807, 2.05) is 0 Å². The van der Waals surface area contributed by atoms with Gasteiger partial charge in [0, 0.05) is 6.04 Å². The summed E-state index contributed by atoms with van der Waals surface area (Å²) in [6.07, 6.45) is 9.71. The van der Waals surface area contributed by atoms with Crippen LogP contribution in [-0.4, -0.2) is 6.54 Å². The molecule has 0 spiro atoms. The third-order valence-corrected chi connectivity index (χ3v) is 5.08. The summed E-state index contributed by atoms with van der Waals surface area (Å²) < 4.78 is 0. The van der Waals surface area contributed by atoms with Crippen molar-refractivity contribution in [2.24, 2.45) is 5.92 Å². The van der Waals surface area contributed by atoms with Crippen molar-refractivity contribution in [1.29, 1.82) is 0 Å². The fourth-order valence-corrected chi connectivity index (χ4v) is 3.38. The van der Waals surface area contributed by atoms with Gasteiger partial charge in [0.1, 0.15) is 0 Å². The zero-order valence-electron chi connectivity index (χ0n) is 12.2. The molecule has 0 aromatic heterocycles. The highest BCUT2D eigenvalue weighted by atomic mass is 14.9. The van der Waals surface area contributed by atoms with Crippen LogP contribution in [0.25, 0.3) is 0 Å². The first-order valence-electron chi connectivity index (χ1n) is 8.21. The first kappa shape index (κ1) is 13.2. The zero-order valence-corrected chi connectivity index (χ0v) is 12.2. The maximum Gasteiger partial charge on any atom is 0.0348 e. The van der Waals surface area contributed by atoms with Crippen LogP contribution in [0.4, 0.5) is 0 Å². The monoisotopic (exact) mass is 257 g/mol. The van der Waals surface area contributed by atoms with Crippen molar-refractivity contribution in [3.8, 4) is 0 Å². The molecular formula is C18H27N. The first-order valence-corrected chi connectivity index (χ1v) is 8.21. The lowest BCUT2D eigenvalue weighted by atomic mass is 9.75.